The van der Waals surface area contributed by atoms with Crippen LogP contribution in [0.25, 0.3) is 0 Å². The minimum atomic E-state index is -0.168. The monoisotopic (exact) mass is 276 g/mol. The van der Waals surface area contributed by atoms with E-state index in [4.69, 9.17) is 11.6 Å². The van der Waals surface area contributed by atoms with Crippen LogP contribution < -0.4 is 0 Å². The highest BCUT2D eigenvalue weighted by Gasteiger charge is 2.36. The fraction of sp³-hybridized carbons (Fsp3) is 0.286. The Hall–Kier alpha value is -1.19. The summed E-state index contributed by atoms with van der Waals surface area (Å²) in [5, 5.41) is 11.8. The number of hydrogen-bond donors (Lipinski definition) is 0. The topological polar surface area (TPSA) is 24.7 Å². The molecule has 18 heavy (non-hydrogen) atoms. The lowest BCUT2D eigenvalue weighted by Gasteiger charge is -2.18. The second-order valence-electron chi connectivity index (χ2n) is 4.74. The van der Waals surface area contributed by atoms with Gasteiger partial charge in [0.05, 0.1) is 6.04 Å². The first-order chi connectivity index (χ1) is 8.67. The molecule has 2 heterocycles. The number of benzene rings is 1. The van der Waals surface area contributed by atoms with E-state index in [9.17, 15) is 0 Å². The second-order valence-corrected chi connectivity index (χ2v) is 6.12. The summed E-state index contributed by atoms with van der Waals surface area (Å²) in [4.78, 5) is 1.28. The van der Waals surface area contributed by atoms with Gasteiger partial charge < -0.3 is 0 Å². The van der Waals surface area contributed by atoms with E-state index in [0.29, 0.717) is 0 Å². The molecule has 3 rings (SSSR count). The van der Waals surface area contributed by atoms with Crippen LogP contribution in [-0.4, -0.2) is 0 Å². The van der Waals surface area contributed by atoms with E-state index in [1.807, 2.05) is 24.3 Å². The molecule has 2 aromatic rings. The maximum Gasteiger partial charge on any atom is 0.115 e. The van der Waals surface area contributed by atoms with Crippen LogP contribution in [0.2, 0.25) is 5.02 Å². The van der Waals surface area contributed by atoms with Gasteiger partial charge in [-0.3, -0.25) is 0 Å². The van der Waals surface area contributed by atoms with Gasteiger partial charge in [0.25, 0.3) is 0 Å². The van der Waals surface area contributed by atoms with Crippen molar-refractivity contribution in [3.63, 3.8) is 0 Å². The summed E-state index contributed by atoms with van der Waals surface area (Å²) in [6.07, 6.45) is 0.926. The Morgan fingerprint density at radius 3 is 2.72 bits per heavy atom. The van der Waals surface area contributed by atoms with Gasteiger partial charge in [-0.05, 0) is 36.1 Å². The summed E-state index contributed by atoms with van der Waals surface area (Å²) in [5.41, 5.74) is 1.02. The molecule has 0 saturated carbocycles. The summed E-state index contributed by atoms with van der Waals surface area (Å²) >= 11 is 7.65. The minimum Gasteiger partial charge on any atom is -0.185 e. The molecule has 1 aromatic heterocycles. The van der Waals surface area contributed by atoms with Crippen LogP contribution in [0.1, 0.15) is 29.8 Å². The Balaban J connectivity index is 1.84. The zero-order chi connectivity index (χ0) is 12.6. The Kier molecular flexibility index (Phi) is 2.96. The number of thiophene rings is 1. The summed E-state index contributed by atoms with van der Waals surface area (Å²) in [7, 11) is 0. The number of hydrogen-bond acceptors (Lipinski definition) is 3. The zero-order valence-corrected chi connectivity index (χ0v) is 11.6. The summed E-state index contributed by atoms with van der Waals surface area (Å²) in [6.45, 7) is 2.15. The summed E-state index contributed by atoms with van der Waals surface area (Å²) < 4.78 is 0. The first kappa shape index (κ1) is 11.9. The van der Waals surface area contributed by atoms with E-state index < -0.39 is 0 Å². The van der Waals surface area contributed by atoms with Crippen LogP contribution in [0.15, 0.2) is 52.0 Å². The summed E-state index contributed by atoms with van der Waals surface area (Å²) in [5.74, 6) is 0. The average molecular weight is 277 g/mol. The van der Waals surface area contributed by atoms with Crippen LogP contribution in [0.5, 0.6) is 0 Å². The third-order valence-corrected chi connectivity index (χ3v) is 4.69. The third kappa shape index (κ3) is 2.08. The molecule has 0 bridgehead atoms. The Bertz CT molecular complexity index is 562. The van der Waals surface area contributed by atoms with Crippen molar-refractivity contribution < 1.29 is 0 Å². The molecule has 0 N–H and O–H groups in total. The van der Waals surface area contributed by atoms with Gasteiger partial charge in [-0.2, -0.15) is 10.2 Å². The molecule has 0 spiro atoms. The number of halogens is 1. The Labute approximate surface area is 115 Å². The smallest absolute Gasteiger partial charge is 0.115 e. The summed E-state index contributed by atoms with van der Waals surface area (Å²) in [6, 6.07) is 12.2. The lowest BCUT2D eigenvalue weighted by Crippen LogP contribution is -2.15. The van der Waals surface area contributed by atoms with Crippen molar-refractivity contribution in [1.82, 2.24) is 0 Å². The van der Waals surface area contributed by atoms with Crippen LogP contribution in [0.4, 0.5) is 0 Å². The fourth-order valence-corrected chi connectivity index (χ4v) is 3.22. The Morgan fingerprint density at radius 2 is 2.06 bits per heavy atom. The van der Waals surface area contributed by atoms with E-state index in [-0.39, 0.29) is 11.6 Å². The number of nitrogens with zero attached hydrogens (tertiary/aromatic N) is 2. The van der Waals surface area contributed by atoms with Gasteiger partial charge in [-0.15, -0.1) is 11.3 Å². The predicted octanol–water partition coefficient (Wildman–Crippen LogP) is 5.21. The maximum absolute atomic E-state index is 5.90. The standard InChI is InChI=1S/C14H13ClN2S/c1-14(13-3-2-8-18-13)9-12(16-17-14)10-4-6-11(15)7-5-10/h2-8,12H,9H2,1H3. The molecular weight excluding hydrogens is 264 g/mol. The molecule has 0 saturated heterocycles. The van der Waals surface area contributed by atoms with E-state index in [1.165, 1.54) is 10.4 Å². The predicted molar refractivity (Wildman–Crippen MR) is 75.3 cm³/mol. The third-order valence-electron chi connectivity index (χ3n) is 3.32. The lowest BCUT2D eigenvalue weighted by molar-refractivity contribution is 0.487. The number of rotatable bonds is 2. The van der Waals surface area contributed by atoms with Gasteiger partial charge in [0.15, 0.2) is 0 Å². The molecule has 0 fully saturated rings. The van der Waals surface area contributed by atoms with E-state index in [1.54, 1.807) is 11.3 Å². The van der Waals surface area contributed by atoms with Crippen molar-refractivity contribution in [3.05, 3.63) is 57.2 Å². The fourth-order valence-electron chi connectivity index (χ4n) is 2.26. The maximum atomic E-state index is 5.90. The van der Waals surface area contributed by atoms with Crippen molar-refractivity contribution in [3.8, 4) is 0 Å². The van der Waals surface area contributed by atoms with E-state index in [2.05, 4.69) is 34.7 Å². The van der Waals surface area contributed by atoms with Gasteiger partial charge in [0.1, 0.15) is 5.54 Å². The molecule has 1 aliphatic heterocycles. The van der Waals surface area contributed by atoms with Crippen molar-refractivity contribution in [2.75, 3.05) is 0 Å². The molecule has 0 amide bonds. The van der Waals surface area contributed by atoms with Crippen molar-refractivity contribution in [1.29, 1.82) is 0 Å². The highest BCUT2D eigenvalue weighted by atomic mass is 35.5. The zero-order valence-electron chi connectivity index (χ0n) is 10.0. The van der Waals surface area contributed by atoms with Crippen LogP contribution >= 0.6 is 22.9 Å². The largest absolute Gasteiger partial charge is 0.185 e. The van der Waals surface area contributed by atoms with Gasteiger partial charge in [-0.1, -0.05) is 29.8 Å². The minimum absolute atomic E-state index is 0.148. The molecule has 2 atom stereocenters. The lowest BCUT2D eigenvalue weighted by atomic mass is 9.91. The van der Waals surface area contributed by atoms with Crippen LogP contribution in [0.3, 0.4) is 0 Å². The van der Waals surface area contributed by atoms with Gasteiger partial charge >= 0.3 is 0 Å². The van der Waals surface area contributed by atoms with Crippen LogP contribution in [0, 0.1) is 0 Å². The quantitative estimate of drug-likeness (QED) is 0.719. The Morgan fingerprint density at radius 1 is 1.28 bits per heavy atom. The molecule has 1 aromatic carbocycles. The average Bonchev–Trinajstić information content (AvgIpc) is 3.00. The van der Waals surface area contributed by atoms with E-state index >= 15 is 0 Å². The van der Waals surface area contributed by atoms with Gasteiger partial charge in [0.2, 0.25) is 0 Å². The van der Waals surface area contributed by atoms with E-state index in [0.717, 1.165) is 11.4 Å². The number of azo groups is 1. The molecular formula is C14H13ClN2S. The molecule has 92 valence electrons. The first-order valence-electron chi connectivity index (χ1n) is 5.89. The molecule has 0 radical (unpaired) electrons. The molecule has 0 aliphatic carbocycles. The molecule has 2 unspecified atom stereocenters. The highest BCUT2D eigenvalue weighted by molar-refractivity contribution is 7.10. The molecule has 2 nitrogen and oxygen atoms in total. The van der Waals surface area contributed by atoms with Crippen molar-refractivity contribution >= 4 is 22.9 Å². The second kappa shape index (κ2) is 4.48. The molecule has 1 aliphatic rings. The SMILES string of the molecule is CC1(c2cccs2)CC(c2ccc(Cl)cc2)N=N1. The first-order valence-corrected chi connectivity index (χ1v) is 7.15. The van der Waals surface area contributed by atoms with Crippen molar-refractivity contribution in [2.45, 2.75) is 24.9 Å². The van der Waals surface area contributed by atoms with Crippen LogP contribution in [-0.2, 0) is 5.54 Å². The molecule has 4 heteroatoms. The van der Waals surface area contributed by atoms with Crippen molar-refractivity contribution in [2.24, 2.45) is 10.2 Å². The van der Waals surface area contributed by atoms with Gasteiger partial charge in [0, 0.05) is 16.3 Å². The normalized spacial score (nSPS) is 26.7. The highest BCUT2D eigenvalue weighted by Crippen LogP contribution is 2.44. The van der Waals surface area contributed by atoms with Gasteiger partial charge in [-0.25, -0.2) is 0 Å².